The van der Waals surface area contributed by atoms with E-state index in [-0.39, 0.29) is 18.3 Å². The highest BCUT2D eigenvalue weighted by Gasteiger charge is 2.81. The van der Waals surface area contributed by atoms with E-state index in [0.29, 0.717) is 19.4 Å². The summed E-state index contributed by atoms with van der Waals surface area (Å²) in [5.74, 6) is -18.9. The molecule has 0 radical (unpaired) electrons. The van der Waals surface area contributed by atoms with Crippen molar-refractivity contribution in [3.8, 4) is 5.75 Å². The van der Waals surface area contributed by atoms with E-state index in [0.717, 1.165) is 30.0 Å². The highest BCUT2D eigenvalue weighted by Crippen LogP contribution is 2.54. The van der Waals surface area contributed by atoms with E-state index >= 15 is 0 Å². The van der Waals surface area contributed by atoms with Crippen molar-refractivity contribution in [1.29, 1.82) is 0 Å². The van der Waals surface area contributed by atoms with Crippen molar-refractivity contribution >= 4 is 14.6 Å². The zero-order chi connectivity index (χ0) is 33.9. The van der Waals surface area contributed by atoms with Crippen LogP contribution in [-0.2, 0) is 20.6 Å². The minimum atomic E-state index is -6.89. The monoisotopic (exact) mass is 666 g/mol. The Morgan fingerprint density at radius 2 is 1.43 bits per heavy atom. The molecule has 0 saturated heterocycles. The smallest absolute Gasteiger partial charge is 0.460 e. The topological polar surface area (TPSA) is 44.8 Å². The van der Waals surface area contributed by atoms with Gasteiger partial charge in [0, 0.05) is 12.8 Å². The van der Waals surface area contributed by atoms with E-state index in [2.05, 4.69) is 20.8 Å². The predicted octanol–water partition coefficient (Wildman–Crippen LogP) is 9.78. The maximum absolute atomic E-state index is 13.6. The molecule has 0 fully saturated rings. The number of hydrogen-bond acceptors (Lipinski definition) is 4. The van der Waals surface area contributed by atoms with Crippen LogP contribution in [0, 0.1) is 5.92 Å². The van der Waals surface area contributed by atoms with Crippen LogP contribution in [0.25, 0.3) is 0 Å². The first kappa shape index (κ1) is 40.0. The molecule has 1 aromatic rings. The lowest BCUT2D eigenvalue weighted by Crippen LogP contribution is -2.60. The molecule has 0 N–H and O–H groups in total. The molecule has 0 unspecified atom stereocenters. The van der Waals surface area contributed by atoms with Crippen LogP contribution in [0.2, 0.25) is 18.1 Å². The molecule has 1 aromatic carbocycles. The first-order valence-electron chi connectivity index (χ1n) is 14.6. The number of carbonyl (C=O) groups is 1. The molecule has 1 rings (SSSR count). The first-order chi connectivity index (χ1) is 20.3. The van der Waals surface area contributed by atoms with Gasteiger partial charge in [0.1, 0.15) is 12.0 Å². The van der Waals surface area contributed by atoms with Crippen LogP contribution < -0.4 is 4.74 Å². The van der Waals surface area contributed by atoms with E-state index in [1.54, 1.807) is 12.1 Å². The third-order valence-electron chi connectivity index (χ3n) is 7.61. The van der Waals surface area contributed by atoms with Crippen molar-refractivity contribution in [2.45, 2.75) is 115 Å². The minimum Gasteiger partial charge on any atom is -0.494 e. The molecule has 0 aliphatic rings. The predicted molar refractivity (Wildman–Crippen MR) is 152 cm³/mol. The molecule has 0 amide bonds. The Labute approximate surface area is 254 Å². The number of halogens is 9. The molecular formula is C30H43F9O4Si. The highest BCUT2D eigenvalue weighted by molar-refractivity contribution is 6.73. The Balaban J connectivity index is 2.54. The van der Waals surface area contributed by atoms with E-state index < -0.39 is 57.3 Å². The third kappa shape index (κ3) is 10.8. The normalized spacial score (nSPS) is 15.8. The molecule has 0 heterocycles. The molecule has 0 spiro atoms. The van der Waals surface area contributed by atoms with Gasteiger partial charge in [-0.1, -0.05) is 52.0 Å². The number of benzene rings is 1. The van der Waals surface area contributed by atoms with Crippen LogP contribution in [0.5, 0.6) is 5.75 Å². The van der Waals surface area contributed by atoms with Crippen LogP contribution in [0.4, 0.5) is 39.5 Å². The van der Waals surface area contributed by atoms with Crippen LogP contribution in [-0.4, -0.2) is 57.4 Å². The number of alkyl halides is 9. The van der Waals surface area contributed by atoms with Gasteiger partial charge in [0.15, 0.2) is 8.32 Å². The van der Waals surface area contributed by atoms with Crippen molar-refractivity contribution < 1.29 is 58.2 Å². The SMILES string of the molecule is CC[Si](CC)(CC)O[C@](C)(CC=O)C/C=C/[C@@H](C)COCc1ccc(OCCCC(F)(F)C(F)(F)C(F)(F)C(F)(F)F)cc1. The van der Waals surface area contributed by atoms with E-state index in [1.807, 2.05) is 26.0 Å². The van der Waals surface area contributed by atoms with Crippen molar-refractivity contribution in [1.82, 2.24) is 0 Å². The van der Waals surface area contributed by atoms with Crippen LogP contribution >= 0.6 is 0 Å². The molecule has 0 aromatic heterocycles. The fourth-order valence-corrected chi connectivity index (χ4v) is 7.68. The number of aldehydes is 1. The maximum Gasteiger partial charge on any atom is 0.460 e. The molecule has 14 heteroatoms. The summed E-state index contributed by atoms with van der Waals surface area (Å²) in [6.45, 7) is 10.4. The molecule has 0 bridgehead atoms. The van der Waals surface area contributed by atoms with E-state index in [9.17, 15) is 44.3 Å². The zero-order valence-electron chi connectivity index (χ0n) is 25.7. The lowest BCUT2D eigenvalue weighted by molar-refractivity contribution is -0.396. The molecule has 4 nitrogen and oxygen atoms in total. The second kappa shape index (κ2) is 16.5. The summed E-state index contributed by atoms with van der Waals surface area (Å²) in [4.78, 5) is 11.3. The van der Waals surface area contributed by atoms with Gasteiger partial charge >= 0.3 is 23.9 Å². The second-order valence-electron chi connectivity index (χ2n) is 11.2. The Kier molecular flexibility index (Phi) is 15.0. The highest BCUT2D eigenvalue weighted by atomic mass is 28.4. The average Bonchev–Trinajstić information content (AvgIpc) is 2.94. The van der Waals surface area contributed by atoms with Gasteiger partial charge in [-0.15, -0.1) is 0 Å². The van der Waals surface area contributed by atoms with Gasteiger partial charge in [0.2, 0.25) is 0 Å². The van der Waals surface area contributed by atoms with Gasteiger partial charge in [-0.05, 0) is 61.5 Å². The minimum absolute atomic E-state index is 0.0604. The number of ether oxygens (including phenoxy) is 2. The lowest BCUT2D eigenvalue weighted by atomic mass is 9.98. The van der Waals surface area contributed by atoms with Crippen LogP contribution in [0.3, 0.4) is 0 Å². The Hall–Kier alpha value is -2.06. The molecule has 0 aliphatic heterocycles. The summed E-state index contributed by atoms with van der Waals surface area (Å²) in [5, 5.41) is 0. The molecular weight excluding hydrogens is 623 g/mol. The van der Waals surface area contributed by atoms with Gasteiger partial charge in [-0.25, -0.2) is 0 Å². The fraction of sp³-hybridized carbons (Fsp3) is 0.700. The van der Waals surface area contributed by atoms with Crippen molar-refractivity contribution in [3.05, 3.63) is 42.0 Å². The van der Waals surface area contributed by atoms with E-state index in [4.69, 9.17) is 13.9 Å². The van der Waals surface area contributed by atoms with Crippen molar-refractivity contribution in [2.24, 2.45) is 5.92 Å². The maximum atomic E-state index is 13.6. The third-order valence-corrected chi connectivity index (χ3v) is 12.4. The first-order valence-corrected chi connectivity index (χ1v) is 17.1. The fourth-order valence-electron chi connectivity index (χ4n) is 4.53. The van der Waals surface area contributed by atoms with Gasteiger partial charge < -0.3 is 18.7 Å². The van der Waals surface area contributed by atoms with Gasteiger partial charge in [-0.2, -0.15) is 39.5 Å². The summed E-state index contributed by atoms with van der Waals surface area (Å²) in [6, 6.07) is 9.06. The van der Waals surface area contributed by atoms with Gasteiger partial charge in [0.05, 0.1) is 25.4 Å². The number of hydrogen-bond donors (Lipinski definition) is 0. The summed E-state index contributed by atoms with van der Waals surface area (Å²) < 4.78 is 134. The summed E-state index contributed by atoms with van der Waals surface area (Å²) in [6.07, 6.45) is -3.88. The standard InChI is InChI=1S/C30H43F9O4Si/c1-6-44(7-2,8-3)43-26(5,18-19-40)16-9-11-23(4)21-41-22-24-12-14-25(15-13-24)42-20-10-17-27(31,32)28(33,34)29(35,36)30(37,38)39/h9,11-15,19,23H,6-8,10,16-18,20-22H2,1-5H3/b11-9+/t23-,26+/m1/s1. The lowest BCUT2D eigenvalue weighted by Gasteiger charge is -2.39. The van der Waals surface area contributed by atoms with E-state index in [1.165, 1.54) is 12.1 Å². The quantitative estimate of drug-likeness (QED) is 0.0431. The zero-order valence-corrected chi connectivity index (χ0v) is 26.7. The summed E-state index contributed by atoms with van der Waals surface area (Å²) in [5.41, 5.74) is 0.172. The van der Waals surface area contributed by atoms with Crippen LogP contribution in [0.1, 0.15) is 65.9 Å². The average molecular weight is 667 g/mol. The number of rotatable bonds is 21. The Morgan fingerprint density at radius 1 is 0.864 bits per heavy atom. The van der Waals surface area contributed by atoms with Crippen LogP contribution in [0.15, 0.2) is 36.4 Å². The van der Waals surface area contributed by atoms with Crippen molar-refractivity contribution in [2.75, 3.05) is 13.2 Å². The Morgan fingerprint density at radius 3 is 1.93 bits per heavy atom. The molecule has 0 aliphatic carbocycles. The second-order valence-corrected chi connectivity index (χ2v) is 15.9. The van der Waals surface area contributed by atoms with Gasteiger partial charge in [0.25, 0.3) is 0 Å². The Bertz CT molecular complexity index is 1020. The molecule has 0 saturated carbocycles. The molecule has 254 valence electrons. The largest absolute Gasteiger partial charge is 0.494 e. The molecule has 2 atom stereocenters. The summed E-state index contributed by atoms with van der Waals surface area (Å²) >= 11 is 0. The van der Waals surface area contributed by atoms with Gasteiger partial charge in [-0.3, -0.25) is 0 Å². The summed E-state index contributed by atoms with van der Waals surface area (Å²) in [7, 11) is -1.91. The van der Waals surface area contributed by atoms with Crippen molar-refractivity contribution in [3.63, 3.8) is 0 Å². The number of carbonyl (C=O) groups excluding carboxylic acids is 1. The molecule has 44 heavy (non-hydrogen) atoms.